The number of ether oxygens (including phenoxy) is 1. The summed E-state index contributed by atoms with van der Waals surface area (Å²) in [5.74, 6) is 0.288. The molecule has 1 fully saturated rings. The Hall–Kier alpha value is -1.30. The van der Waals surface area contributed by atoms with Crippen LogP contribution in [0.25, 0.3) is 0 Å². The first-order valence-corrected chi connectivity index (χ1v) is 7.88. The maximum atomic E-state index is 12.0. The lowest BCUT2D eigenvalue weighted by Crippen LogP contribution is -2.35. The maximum absolute atomic E-state index is 12.0. The quantitative estimate of drug-likeness (QED) is 0.818. The Morgan fingerprint density at radius 3 is 2.81 bits per heavy atom. The minimum absolute atomic E-state index is 0.0277. The predicted molar refractivity (Wildman–Crippen MR) is 84.3 cm³/mol. The normalized spacial score (nSPS) is 18.9. The molecular weight excluding hydrogens is 336 g/mol. The van der Waals surface area contributed by atoms with Gasteiger partial charge < -0.3 is 14.2 Å². The van der Waals surface area contributed by atoms with E-state index in [1.165, 1.54) is 0 Å². The molecule has 0 saturated carbocycles. The fourth-order valence-corrected chi connectivity index (χ4v) is 2.70. The van der Waals surface area contributed by atoms with Crippen molar-refractivity contribution in [2.75, 3.05) is 13.1 Å². The highest BCUT2D eigenvalue weighted by atomic mass is 79.9. The third-order valence-corrected chi connectivity index (χ3v) is 3.84. The van der Waals surface area contributed by atoms with E-state index in [9.17, 15) is 9.59 Å². The molecule has 2 rings (SSSR count). The second-order valence-corrected chi connectivity index (χ2v) is 7.33. The molecule has 1 unspecified atom stereocenters. The third kappa shape index (κ3) is 4.59. The topological polar surface area (TPSA) is 51.5 Å². The molecule has 2 heterocycles. The molecule has 0 aliphatic carbocycles. The minimum Gasteiger partial charge on any atom is -0.444 e. The van der Waals surface area contributed by atoms with E-state index in [-0.39, 0.29) is 17.6 Å². The Morgan fingerprint density at radius 1 is 1.48 bits per heavy atom. The van der Waals surface area contributed by atoms with E-state index >= 15 is 0 Å². The first-order valence-electron chi connectivity index (χ1n) is 7.08. The summed E-state index contributed by atoms with van der Waals surface area (Å²) in [6.07, 6.45) is 2.40. The van der Waals surface area contributed by atoms with Crippen molar-refractivity contribution in [3.63, 3.8) is 0 Å². The smallest absolute Gasteiger partial charge is 0.410 e. The third-order valence-electron chi connectivity index (χ3n) is 3.35. The molecule has 0 radical (unpaired) electrons. The molecule has 1 atom stereocenters. The predicted octanol–water partition coefficient (Wildman–Crippen LogP) is 2.87. The van der Waals surface area contributed by atoms with Gasteiger partial charge in [0.15, 0.2) is 0 Å². The van der Waals surface area contributed by atoms with Crippen molar-refractivity contribution in [3.05, 3.63) is 33.2 Å². The maximum Gasteiger partial charge on any atom is 0.410 e. The summed E-state index contributed by atoms with van der Waals surface area (Å²) < 4.78 is 7.84. The number of halogens is 1. The largest absolute Gasteiger partial charge is 0.444 e. The molecule has 116 valence electrons. The number of carbonyl (C=O) groups excluding carboxylic acids is 1. The molecule has 0 bridgehead atoms. The number of amides is 1. The Balaban J connectivity index is 1.93. The number of rotatable bonds is 2. The number of aromatic nitrogens is 1. The molecule has 1 aromatic rings. The second kappa shape index (κ2) is 6.22. The van der Waals surface area contributed by atoms with Crippen LogP contribution in [-0.4, -0.2) is 34.3 Å². The molecular formula is C15H21BrN2O3. The summed E-state index contributed by atoms with van der Waals surface area (Å²) in [7, 11) is 0. The van der Waals surface area contributed by atoms with Gasteiger partial charge in [0.05, 0.1) is 0 Å². The van der Waals surface area contributed by atoms with E-state index in [0.29, 0.717) is 19.6 Å². The van der Waals surface area contributed by atoms with Crippen LogP contribution in [0.1, 0.15) is 27.2 Å². The van der Waals surface area contributed by atoms with Crippen LogP contribution in [0.15, 0.2) is 27.6 Å². The summed E-state index contributed by atoms with van der Waals surface area (Å²) in [6, 6.07) is 3.41. The molecule has 0 aromatic carbocycles. The van der Waals surface area contributed by atoms with Crippen LogP contribution in [0.5, 0.6) is 0 Å². The fourth-order valence-electron chi connectivity index (χ4n) is 2.39. The summed E-state index contributed by atoms with van der Waals surface area (Å²) in [5.41, 5.74) is -0.502. The molecule has 1 aliphatic heterocycles. The van der Waals surface area contributed by atoms with Gasteiger partial charge in [-0.05, 0) is 39.2 Å². The highest BCUT2D eigenvalue weighted by Crippen LogP contribution is 2.20. The molecule has 6 heteroatoms. The van der Waals surface area contributed by atoms with Gasteiger partial charge in [-0.2, -0.15) is 0 Å². The Morgan fingerprint density at radius 2 is 2.19 bits per heavy atom. The molecule has 1 aromatic heterocycles. The van der Waals surface area contributed by atoms with Crippen molar-refractivity contribution in [1.29, 1.82) is 0 Å². The monoisotopic (exact) mass is 356 g/mol. The van der Waals surface area contributed by atoms with Gasteiger partial charge in [0, 0.05) is 36.4 Å². The zero-order chi connectivity index (χ0) is 15.6. The number of hydrogen-bond acceptors (Lipinski definition) is 3. The van der Waals surface area contributed by atoms with E-state index in [1.54, 1.807) is 21.7 Å². The summed E-state index contributed by atoms with van der Waals surface area (Å²) in [6.45, 7) is 7.53. The van der Waals surface area contributed by atoms with E-state index in [4.69, 9.17) is 4.74 Å². The Labute approximate surface area is 133 Å². The van der Waals surface area contributed by atoms with Crippen LogP contribution in [-0.2, 0) is 11.3 Å². The van der Waals surface area contributed by atoms with Gasteiger partial charge in [0.2, 0.25) is 0 Å². The molecule has 1 aliphatic rings. The molecule has 21 heavy (non-hydrogen) atoms. The van der Waals surface area contributed by atoms with Crippen LogP contribution in [0.3, 0.4) is 0 Å². The van der Waals surface area contributed by atoms with Crippen LogP contribution in [0, 0.1) is 5.92 Å². The summed E-state index contributed by atoms with van der Waals surface area (Å²) >= 11 is 3.28. The van der Waals surface area contributed by atoms with Crippen molar-refractivity contribution >= 4 is 22.0 Å². The SMILES string of the molecule is CC(C)(C)OC(=O)N1CCC(Cn2ccc(Br)cc2=O)C1. The van der Waals surface area contributed by atoms with Gasteiger partial charge in [0.25, 0.3) is 5.56 Å². The minimum atomic E-state index is -0.474. The molecule has 1 saturated heterocycles. The Bertz CT molecular complexity index is 577. The number of nitrogens with zero attached hydrogens (tertiary/aromatic N) is 2. The van der Waals surface area contributed by atoms with Gasteiger partial charge in [-0.1, -0.05) is 15.9 Å². The number of carbonyl (C=O) groups is 1. The first-order chi connectivity index (χ1) is 9.74. The average molecular weight is 357 g/mol. The summed E-state index contributed by atoms with van der Waals surface area (Å²) in [5, 5.41) is 0. The standard InChI is InChI=1S/C15H21BrN2O3/c1-15(2,3)21-14(20)18-6-4-11(10-18)9-17-7-5-12(16)8-13(17)19/h5,7-8,11H,4,6,9-10H2,1-3H3. The van der Waals surface area contributed by atoms with Gasteiger partial charge in [0.1, 0.15) is 5.60 Å². The van der Waals surface area contributed by atoms with Gasteiger partial charge in [-0.3, -0.25) is 4.79 Å². The van der Waals surface area contributed by atoms with E-state index < -0.39 is 5.60 Å². The van der Waals surface area contributed by atoms with Crippen LogP contribution in [0.4, 0.5) is 4.79 Å². The van der Waals surface area contributed by atoms with E-state index in [2.05, 4.69) is 15.9 Å². The Kier molecular flexibility index (Phi) is 4.76. The van der Waals surface area contributed by atoms with Crippen molar-refractivity contribution in [2.24, 2.45) is 5.92 Å². The number of likely N-dealkylation sites (tertiary alicyclic amines) is 1. The van der Waals surface area contributed by atoms with Crippen molar-refractivity contribution < 1.29 is 9.53 Å². The molecule has 0 spiro atoms. The first kappa shape index (κ1) is 16.1. The van der Waals surface area contributed by atoms with Crippen molar-refractivity contribution in [3.8, 4) is 0 Å². The lowest BCUT2D eigenvalue weighted by molar-refractivity contribution is 0.0287. The highest BCUT2D eigenvalue weighted by Gasteiger charge is 2.29. The zero-order valence-corrected chi connectivity index (χ0v) is 14.2. The number of hydrogen-bond donors (Lipinski definition) is 0. The van der Waals surface area contributed by atoms with Crippen LogP contribution < -0.4 is 5.56 Å². The van der Waals surface area contributed by atoms with Gasteiger partial charge in [-0.15, -0.1) is 0 Å². The lowest BCUT2D eigenvalue weighted by Gasteiger charge is -2.24. The van der Waals surface area contributed by atoms with Crippen LogP contribution in [0.2, 0.25) is 0 Å². The number of pyridine rings is 1. The molecule has 1 amide bonds. The zero-order valence-electron chi connectivity index (χ0n) is 12.6. The van der Waals surface area contributed by atoms with Crippen molar-refractivity contribution in [1.82, 2.24) is 9.47 Å². The molecule has 5 nitrogen and oxygen atoms in total. The average Bonchev–Trinajstić information content (AvgIpc) is 2.79. The fraction of sp³-hybridized carbons (Fsp3) is 0.600. The van der Waals surface area contributed by atoms with Crippen molar-refractivity contribution in [2.45, 2.75) is 39.3 Å². The van der Waals surface area contributed by atoms with E-state index in [1.807, 2.05) is 26.8 Å². The van der Waals surface area contributed by atoms with Gasteiger partial charge >= 0.3 is 6.09 Å². The van der Waals surface area contributed by atoms with E-state index in [0.717, 1.165) is 10.9 Å². The highest BCUT2D eigenvalue weighted by molar-refractivity contribution is 9.10. The lowest BCUT2D eigenvalue weighted by atomic mass is 10.1. The second-order valence-electron chi connectivity index (χ2n) is 6.42. The summed E-state index contributed by atoms with van der Waals surface area (Å²) in [4.78, 5) is 25.6. The molecule has 0 N–H and O–H groups in total. The van der Waals surface area contributed by atoms with Crippen LogP contribution >= 0.6 is 15.9 Å². The van der Waals surface area contributed by atoms with Gasteiger partial charge in [-0.25, -0.2) is 4.79 Å².